The lowest BCUT2D eigenvalue weighted by Gasteiger charge is -2.17. The largest absolute Gasteiger partial charge is 0.437 e. The molecule has 4 N–H and O–H groups in total. The second-order valence-corrected chi connectivity index (χ2v) is 6.88. The van der Waals surface area contributed by atoms with Crippen LogP contribution in [-0.4, -0.2) is 22.0 Å². The van der Waals surface area contributed by atoms with Gasteiger partial charge < -0.3 is 20.8 Å². The van der Waals surface area contributed by atoms with Gasteiger partial charge in [-0.2, -0.15) is 0 Å². The monoisotopic (exact) mass is 400 g/mol. The van der Waals surface area contributed by atoms with Gasteiger partial charge in [0.2, 0.25) is 5.91 Å². The third kappa shape index (κ3) is 4.15. The van der Waals surface area contributed by atoms with Gasteiger partial charge in [0.15, 0.2) is 6.10 Å². The molecule has 150 valence electrons. The Hall–Kier alpha value is -4.13. The summed E-state index contributed by atoms with van der Waals surface area (Å²) < 4.78 is 5.36. The zero-order valence-corrected chi connectivity index (χ0v) is 16.3. The Bertz CT molecular complexity index is 1220. The molecule has 0 aliphatic carbocycles. The molecule has 1 atom stereocenters. The molecule has 1 unspecified atom stereocenters. The number of H-pyrrole nitrogens is 1. The lowest BCUT2D eigenvalue weighted by Crippen LogP contribution is -2.18. The number of nitrogens with zero attached hydrogens (tertiary/aromatic N) is 1. The minimum Gasteiger partial charge on any atom is -0.437 e. The second kappa shape index (κ2) is 8.08. The van der Waals surface area contributed by atoms with Crippen LogP contribution in [0.4, 0.5) is 10.5 Å². The zero-order valence-electron chi connectivity index (χ0n) is 16.3. The highest BCUT2D eigenvalue weighted by Crippen LogP contribution is 2.30. The number of carbonyl (C=O) groups excluding carboxylic acids is 2. The summed E-state index contributed by atoms with van der Waals surface area (Å²) in [6, 6.07) is 20.8. The maximum Gasteiger partial charge on any atom is 0.405 e. The van der Waals surface area contributed by atoms with Gasteiger partial charge >= 0.3 is 6.09 Å². The van der Waals surface area contributed by atoms with Crippen LogP contribution in [0.25, 0.3) is 22.3 Å². The molecule has 0 fully saturated rings. The Labute approximate surface area is 172 Å². The first-order valence-corrected chi connectivity index (χ1v) is 9.37. The maximum absolute atomic E-state index is 11.5. The van der Waals surface area contributed by atoms with E-state index in [1.54, 1.807) is 6.20 Å². The van der Waals surface area contributed by atoms with Gasteiger partial charge in [0.25, 0.3) is 0 Å². The topological polar surface area (TPSA) is 110 Å². The average Bonchev–Trinajstić information content (AvgIpc) is 3.16. The van der Waals surface area contributed by atoms with Crippen molar-refractivity contribution < 1.29 is 14.3 Å². The lowest BCUT2D eigenvalue weighted by atomic mass is 10.0. The Kier molecular flexibility index (Phi) is 5.17. The first-order chi connectivity index (χ1) is 14.5. The minimum atomic E-state index is -0.853. The normalized spacial score (nSPS) is 11.8. The third-order valence-electron chi connectivity index (χ3n) is 4.62. The summed E-state index contributed by atoms with van der Waals surface area (Å²) >= 11 is 0. The van der Waals surface area contributed by atoms with Crippen molar-refractivity contribution in [3.05, 3.63) is 84.1 Å². The quantitative estimate of drug-likeness (QED) is 0.462. The van der Waals surface area contributed by atoms with Crippen LogP contribution >= 0.6 is 0 Å². The maximum atomic E-state index is 11.5. The molecule has 2 heterocycles. The van der Waals surface area contributed by atoms with Crippen molar-refractivity contribution >= 4 is 28.7 Å². The van der Waals surface area contributed by atoms with Crippen LogP contribution < -0.4 is 11.1 Å². The van der Waals surface area contributed by atoms with E-state index in [4.69, 9.17) is 10.5 Å². The van der Waals surface area contributed by atoms with E-state index in [1.165, 1.54) is 6.92 Å². The molecule has 4 aromatic rings. The number of hydrogen-bond donors (Lipinski definition) is 3. The number of nitrogens with two attached hydrogens (primary N) is 1. The molecule has 0 radical (unpaired) electrons. The molecule has 30 heavy (non-hydrogen) atoms. The number of primary amides is 1. The number of aromatic amines is 1. The molecule has 0 spiro atoms. The standard InChI is InChI=1S/C23H20N4O3/c1-14(28)26-19-9-5-8-16(11-19)20-12-17-10-18(13-25-22(17)27-20)21(30-23(24)29)15-6-3-2-4-7-15/h2-13,21H,1H3,(H2,24,29)(H,25,27)(H,26,28). The molecule has 2 aromatic heterocycles. The number of nitrogens with one attached hydrogen (secondary N) is 2. The van der Waals surface area contributed by atoms with Gasteiger partial charge in [-0.05, 0) is 29.8 Å². The van der Waals surface area contributed by atoms with Gasteiger partial charge in [-0.15, -0.1) is 0 Å². The van der Waals surface area contributed by atoms with Crippen LogP contribution in [0.3, 0.4) is 0 Å². The molecule has 0 bridgehead atoms. The predicted octanol–water partition coefficient (Wildman–Crippen LogP) is 4.37. The summed E-state index contributed by atoms with van der Waals surface area (Å²) in [5.41, 5.74) is 9.99. The Morgan fingerprint density at radius 1 is 1.03 bits per heavy atom. The number of aromatic nitrogens is 2. The predicted molar refractivity (Wildman–Crippen MR) is 115 cm³/mol. The molecular formula is C23H20N4O3. The number of rotatable bonds is 5. The van der Waals surface area contributed by atoms with E-state index < -0.39 is 12.2 Å². The van der Waals surface area contributed by atoms with Crippen molar-refractivity contribution in [1.29, 1.82) is 0 Å². The highest BCUT2D eigenvalue weighted by atomic mass is 16.6. The van der Waals surface area contributed by atoms with Crippen LogP contribution in [-0.2, 0) is 9.53 Å². The molecular weight excluding hydrogens is 380 g/mol. The van der Waals surface area contributed by atoms with Crippen molar-refractivity contribution in [3.63, 3.8) is 0 Å². The number of anilines is 1. The van der Waals surface area contributed by atoms with Gasteiger partial charge in [-0.1, -0.05) is 42.5 Å². The summed E-state index contributed by atoms with van der Waals surface area (Å²) in [7, 11) is 0. The van der Waals surface area contributed by atoms with Crippen molar-refractivity contribution in [1.82, 2.24) is 9.97 Å². The summed E-state index contributed by atoms with van der Waals surface area (Å²) in [6.45, 7) is 1.47. The molecule has 0 saturated carbocycles. The van der Waals surface area contributed by atoms with Crippen LogP contribution in [0.15, 0.2) is 72.9 Å². The van der Waals surface area contributed by atoms with Gasteiger partial charge in [-0.25, -0.2) is 9.78 Å². The molecule has 2 amide bonds. The molecule has 7 nitrogen and oxygen atoms in total. The van der Waals surface area contributed by atoms with Crippen LogP contribution in [0, 0.1) is 0 Å². The smallest absolute Gasteiger partial charge is 0.405 e. The summed E-state index contributed by atoms with van der Waals surface area (Å²) in [5.74, 6) is -0.128. The number of carbonyl (C=O) groups is 2. The van der Waals surface area contributed by atoms with E-state index in [0.29, 0.717) is 16.9 Å². The van der Waals surface area contributed by atoms with Crippen LogP contribution in [0.2, 0.25) is 0 Å². The second-order valence-electron chi connectivity index (χ2n) is 6.88. The highest BCUT2D eigenvalue weighted by Gasteiger charge is 2.19. The minimum absolute atomic E-state index is 0.128. The number of ether oxygens (including phenoxy) is 1. The summed E-state index contributed by atoms with van der Waals surface area (Å²) in [6.07, 6.45) is 0.160. The average molecular weight is 400 g/mol. The molecule has 4 rings (SSSR count). The van der Waals surface area contributed by atoms with Crippen molar-refractivity contribution in [2.75, 3.05) is 5.32 Å². The zero-order chi connectivity index (χ0) is 21.1. The van der Waals surface area contributed by atoms with E-state index in [0.717, 1.165) is 22.2 Å². The molecule has 0 saturated heterocycles. The fourth-order valence-corrected chi connectivity index (χ4v) is 3.37. The number of benzene rings is 2. The van der Waals surface area contributed by atoms with E-state index in [-0.39, 0.29) is 5.91 Å². The van der Waals surface area contributed by atoms with Gasteiger partial charge in [-0.3, -0.25) is 4.79 Å². The summed E-state index contributed by atoms with van der Waals surface area (Å²) in [4.78, 5) is 30.6. The molecule has 7 heteroatoms. The number of hydrogen-bond acceptors (Lipinski definition) is 4. The van der Waals surface area contributed by atoms with Crippen LogP contribution in [0.1, 0.15) is 24.2 Å². The Balaban J connectivity index is 1.71. The van der Waals surface area contributed by atoms with Crippen molar-refractivity contribution in [3.8, 4) is 11.3 Å². The van der Waals surface area contributed by atoms with E-state index >= 15 is 0 Å². The molecule has 0 aliphatic rings. The SMILES string of the molecule is CC(=O)Nc1cccc(-c2cc3cc(C(OC(N)=O)c4ccccc4)cnc3[nH]2)c1. The third-order valence-corrected chi connectivity index (χ3v) is 4.62. The Morgan fingerprint density at radius 3 is 2.57 bits per heavy atom. The van der Waals surface area contributed by atoms with Crippen molar-refractivity contribution in [2.24, 2.45) is 5.73 Å². The van der Waals surface area contributed by atoms with Crippen molar-refractivity contribution in [2.45, 2.75) is 13.0 Å². The van der Waals surface area contributed by atoms with E-state index in [1.807, 2.05) is 66.7 Å². The highest BCUT2D eigenvalue weighted by molar-refractivity contribution is 5.90. The van der Waals surface area contributed by atoms with Crippen LogP contribution in [0.5, 0.6) is 0 Å². The number of amides is 2. The van der Waals surface area contributed by atoms with Gasteiger partial charge in [0, 0.05) is 41.0 Å². The van der Waals surface area contributed by atoms with Gasteiger partial charge in [0.1, 0.15) is 5.65 Å². The molecule has 2 aromatic carbocycles. The molecule has 0 aliphatic heterocycles. The van der Waals surface area contributed by atoms with E-state index in [2.05, 4.69) is 15.3 Å². The first kappa shape index (κ1) is 19.2. The Morgan fingerprint density at radius 2 is 1.83 bits per heavy atom. The number of fused-ring (bicyclic) bond motifs is 1. The fourth-order valence-electron chi connectivity index (χ4n) is 3.37. The lowest BCUT2D eigenvalue weighted by molar-refractivity contribution is -0.114. The fraction of sp³-hybridized carbons (Fsp3) is 0.0870. The summed E-state index contributed by atoms with van der Waals surface area (Å²) in [5, 5.41) is 3.64. The van der Waals surface area contributed by atoms with Gasteiger partial charge in [0.05, 0.1) is 0 Å². The number of pyridine rings is 1. The first-order valence-electron chi connectivity index (χ1n) is 9.37. The van der Waals surface area contributed by atoms with E-state index in [9.17, 15) is 9.59 Å².